The van der Waals surface area contributed by atoms with E-state index in [0.717, 1.165) is 11.3 Å². The van der Waals surface area contributed by atoms with Gasteiger partial charge in [0.25, 0.3) is 0 Å². The fourth-order valence-corrected chi connectivity index (χ4v) is 3.39. The van der Waals surface area contributed by atoms with Gasteiger partial charge >= 0.3 is 0 Å². The highest BCUT2D eigenvalue weighted by atomic mass is 35.5. The van der Waals surface area contributed by atoms with E-state index >= 15 is 0 Å². The summed E-state index contributed by atoms with van der Waals surface area (Å²) in [6, 6.07) is 10.9. The number of nitrogens with zero attached hydrogens (tertiary/aromatic N) is 2. The molecule has 154 valence electrons. The van der Waals surface area contributed by atoms with Gasteiger partial charge in [-0.05, 0) is 62.1 Å². The molecule has 0 radical (unpaired) electrons. The third kappa shape index (κ3) is 6.46. The van der Waals surface area contributed by atoms with Crippen molar-refractivity contribution in [2.75, 3.05) is 25.0 Å². The first-order valence-corrected chi connectivity index (χ1v) is 10.3. The SMILES string of the molecule is Cc1ccc(NC(=O)C2CCN(C(=O)CCCOc3ccc(Cl)cc3)CC2)nc1. The molecule has 6 nitrogen and oxygen atoms in total. The van der Waals surface area contributed by atoms with Crippen LogP contribution in [-0.2, 0) is 9.59 Å². The van der Waals surface area contributed by atoms with Crippen LogP contribution in [0.25, 0.3) is 0 Å². The molecule has 2 aromatic rings. The zero-order valence-corrected chi connectivity index (χ0v) is 17.3. The molecule has 2 heterocycles. The van der Waals surface area contributed by atoms with Crippen LogP contribution in [0.1, 0.15) is 31.2 Å². The maximum Gasteiger partial charge on any atom is 0.228 e. The summed E-state index contributed by atoms with van der Waals surface area (Å²) < 4.78 is 5.62. The van der Waals surface area contributed by atoms with Crippen molar-refractivity contribution < 1.29 is 14.3 Å². The van der Waals surface area contributed by atoms with Crippen molar-refractivity contribution in [3.05, 3.63) is 53.2 Å². The molecule has 2 amide bonds. The van der Waals surface area contributed by atoms with Gasteiger partial charge in [0.05, 0.1) is 6.61 Å². The fourth-order valence-electron chi connectivity index (χ4n) is 3.26. The number of pyridine rings is 1. The Morgan fingerprint density at radius 1 is 1.17 bits per heavy atom. The minimum Gasteiger partial charge on any atom is -0.494 e. The third-order valence-corrected chi connectivity index (χ3v) is 5.25. The number of hydrogen-bond donors (Lipinski definition) is 1. The van der Waals surface area contributed by atoms with Crippen LogP contribution in [0.4, 0.5) is 5.82 Å². The van der Waals surface area contributed by atoms with Gasteiger partial charge < -0.3 is 15.0 Å². The molecule has 3 rings (SSSR count). The quantitative estimate of drug-likeness (QED) is 0.691. The van der Waals surface area contributed by atoms with Crippen LogP contribution in [0, 0.1) is 12.8 Å². The molecule has 0 unspecified atom stereocenters. The number of amides is 2. The predicted molar refractivity (Wildman–Crippen MR) is 113 cm³/mol. The molecule has 1 N–H and O–H groups in total. The van der Waals surface area contributed by atoms with Crippen molar-refractivity contribution in [1.82, 2.24) is 9.88 Å². The van der Waals surface area contributed by atoms with Gasteiger partial charge in [-0.25, -0.2) is 4.98 Å². The Hall–Kier alpha value is -2.60. The summed E-state index contributed by atoms with van der Waals surface area (Å²) in [6.07, 6.45) is 4.17. The number of aryl methyl sites for hydroxylation is 1. The first kappa shape index (κ1) is 21.1. The van der Waals surface area contributed by atoms with E-state index in [1.165, 1.54) is 0 Å². The first-order valence-electron chi connectivity index (χ1n) is 9.91. The summed E-state index contributed by atoms with van der Waals surface area (Å²) in [6.45, 7) is 3.65. The standard InChI is InChI=1S/C22H26ClN3O3/c1-16-4-9-20(24-15-16)25-22(28)17-10-12-26(13-11-17)21(27)3-2-14-29-19-7-5-18(23)6-8-19/h4-9,15,17H,2-3,10-14H2,1H3,(H,24,25,28). The number of anilines is 1. The molecule has 1 aromatic carbocycles. The maximum absolute atomic E-state index is 12.4. The van der Waals surface area contributed by atoms with Gasteiger partial charge in [-0.2, -0.15) is 0 Å². The van der Waals surface area contributed by atoms with Crippen LogP contribution in [0.5, 0.6) is 5.75 Å². The third-order valence-electron chi connectivity index (χ3n) is 5.00. The molecular formula is C22H26ClN3O3. The average molecular weight is 416 g/mol. The van der Waals surface area contributed by atoms with Crippen LogP contribution in [0.15, 0.2) is 42.6 Å². The van der Waals surface area contributed by atoms with E-state index in [-0.39, 0.29) is 17.7 Å². The van der Waals surface area contributed by atoms with E-state index in [1.807, 2.05) is 30.0 Å². The number of ether oxygens (including phenoxy) is 1. The van der Waals surface area contributed by atoms with E-state index in [1.54, 1.807) is 24.4 Å². The number of piperidine rings is 1. The molecular weight excluding hydrogens is 390 g/mol. The van der Waals surface area contributed by atoms with Gasteiger partial charge in [0.15, 0.2) is 0 Å². The highest BCUT2D eigenvalue weighted by Crippen LogP contribution is 2.20. The Bertz CT molecular complexity index is 816. The molecule has 0 saturated carbocycles. The molecule has 1 aliphatic heterocycles. The molecule has 0 aliphatic carbocycles. The Morgan fingerprint density at radius 2 is 1.90 bits per heavy atom. The fraction of sp³-hybridized carbons (Fsp3) is 0.409. The molecule has 0 atom stereocenters. The predicted octanol–water partition coefficient (Wildman–Crippen LogP) is 4.08. The topological polar surface area (TPSA) is 71.5 Å². The second kappa shape index (κ2) is 10.3. The van der Waals surface area contributed by atoms with Gasteiger partial charge in [-0.3, -0.25) is 9.59 Å². The highest BCUT2D eigenvalue weighted by molar-refractivity contribution is 6.30. The lowest BCUT2D eigenvalue weighted by molar-refractivity contribution is -0.134. The summed E-state index contributed by atoms with van der Waals surface area (Å²) in [5, 5.41) is 3.53. The van der Waals surface area contributed by atoms with Crippen LogP contribution >= 0.6 is 11.6 Å². The number of nitrogens with one attached hydrogen (secondary N) is 1. The summed E-state index contributed by atoms with van der Waals surface area (Å²) in [7, 11) is 0. The molecule has 29 heavy (non-hydrogen) atoms. The Labute approximate surface area is 176 Å². The van der Waals surface area contributed by atoms with Gasteiger partial charge in [-0.1, -0.05) is 17.7 Å². The number of carbonyl (C=O) groups is 2. The number of halogens is 1. The summed E-state index contributed by atoms with van der Waals surface area (Å²) in [5.74, 6) is 1.32. The Kier molecular flexibility index (Phi) is 7.47. The normalized spacial score (nSPS) is 14.5. The molecule has 0 bridgehead atoms. The zero-order chi connectivity index (χ0) is 20.6. The highest BCUT2D eigenvalue weighted by Gasteiger charge is 2.27. The lowest BCUT2D eigenvalue weighted by Crippen LogP contribution is -2.41. The smallest absolute Gasteiger partial charge is 0.228 e. The number of carbonyl (C=O) groups excluding carboxylic acids is 2. The van der Waals surface area contributed by atoms with E-state index in [2.05, 4.69) is 10.3 Å². The summed E-state index contributed by atoms with van der Waals surface area (Å²) in [5.41, 5.74) is 1.05. The number of rotatable bonds is 7. The second-order valence-electron chi connectivity index (χ2n) is 7.27. The second-order valence-corrected chi connectivity index (χ2v) is 7.71. The number of aromatic nitrogens is 1. The average Bonchev–Trinajstić information content (AvgIpc) is 2.74. The van der Waals surface area contributed by atoms with Crippen molar-refractivity contribution in [3.63, 3.8) is 0 Å². The molecule has 1 fully saturated rings. The maximum atomic E-state index is 12.4. The van der Waals surface area contributed by atoms with Crippen LogP contribution in [0.3, 0.4) is 0 Å². The minimum atomic E-state index is -0.0876. The first-order chi connectivity index (χ1) is 14.0. The lowest BCUT2D eigenvalue weighted by atomic mass is 9.95. The van der Waals surface area contributed by atoms with Crippen molar-refractivity contribution in [3.8, 4) is 5.75 Å². The minimum absolute atomic E-state index is 0.0233. The zero-order valence-electron chi connectivity index (χ0n) is 16.6. The van der Waals surface area contributed by atoms with Crippen molar-refractivity contribution in [1.29, 1.82) is 0 Å². The van der Waals surface area contributed by atoms with E-state index < -0.39 is 0 Å². The number of hydrogen-bond acceptors (Lipinski definition) is 4. The summed E-state index contributed by atoms with van der Waals surface area (Å²) in [4.78, 5) is 30.9. The Morgan fingerprint density at radius 3 is 2.55 bits per heavy atom. The van der Waals surface area contributed by atoms with E-state index in [4.69, 9.17) is 16.3 Å². The summed E-state index contributed by atoms with van der Waals surface area (Å²) >= 11 is 5.84. The molecule has 1 aliphatic rings. The van der Waals surface area contributed by atoms with Crippen LogP contribution in [-0.4, -0.2) is 41.4 Å². The van der Waals surface area contributed by atoms with E-state index in [0.29, 0.717) is 56.2 Å². The van der Waals surface area contributed by atoms with Crippen molar-refractivity contribution in [2.24, 2.45) is 5.92 Å². The number of benzene rings is 1. The van der Waals surface area contributed by atoms with Gasteiger partial charge in [0.1, 0.15) is 11.6 Å². The lowest BCUT2D eigenvalue weighted by Gasteiger charge is -2.31. The van der Waals surface area contributed by atoms with Crippen molar-refractivity contribution in [2.45, 2.75) is 32.6 Å². The molecule has 1 saturated heterocycles. The largest absolute Gasteiger partial charge is 0.494 e. The van der Waals surface area contributed by atoms with Crippen LogP contribution in [0.2, 0.25) is 5.02 Å². The molecule has 0 spiro atoms. The molecule has 7 heteroatoms. The molecule has 1 aromatic heterocycles. The van der Waals surface area contributed by atoms with Crippen LogP contribution < -0.4 is 10.1 Å². The van der Waals surface area contributed by atoms with Gasteiger partial charge in [0, 0.05) is 36.6 Å². The Balaban J connectivity index is 1.34. The van der Waals surface area contributed by atoms with Crippen molar-refractivity contribution >= 4 is 29.2 Å². The van der Waals surface area contributed by atoms with E-state index in [9.17, 15) is 9.59 Å². The van der Waals surface area contributed by atoms with Gasteiger partial charge in [-0.15, -0.1) is 0 Å². The number of likely N-dealkylation sites (tertiary alicyclic amines) is 1. The van der Waals surface area contributed by atoms with Gasteiger partial charge in [0.2, 0.25) is 11.8 Å². The monoisotopic (exact) mass is 415 g/mol.